The fourth-order valence-electron chi connectivity index (χ4n) is 3.64. The van der Waals surface area contributed by atoms with E-state index in [-0.39, 0.29) is 11.7 Å². The van der Waals surface area contributed by atoms with Crippen LogP contribution in [0, 0.1) is 7.14 Å². The highest BCUT2D eigenvalue weighted by molar-refractivity contribution is 14.1. The molecule has 1 amide bonds. The van der Waals surface area contributed by atoms with Crippen LogP contribution in [0.1, 0.15) is 68.1 Å². The minimum atomic E-state index is -1.03. The molecule has 7 nitrogen and oxygen atoms in total. The number of aliphatic carboxylic acids is 1. The van der Waals surface area contributed by atoms with Crippen LogP contribution in [0.15, 0.2) is 34.7 Å². The summed E-state index contributed by atoms with van der Waals surface area (Å²) in [6.45, 7) is 5.60. The van der Waals surface area contributed by atoms with E-state index < -0.39 is 12.1 Å². The lowest BCUT2D eigenvalue weighted by atomic mass is 9.98. The first kappa shape index (κ1) is 27.4. The number of rotatable bonds is 11. The van der Waals surface area contributed by atoms with Crippen LogP contribution in [-0.4, -0.2) is 28.9 Å². The van der Waals surface area contributed by atoms with Crippen molar-refractivity contribution in [3.63, 3.8) is 0 Å². The number of unbranched alkanes of at least 4 members (excludes halogenated alkanes) is 1. The maximum atomic E-state index is 13.8. The van der Waals surface area contributed by atoms with Gasteiger partial charge in [-0.3, -0.25) is 9.59 Å². The molecule has 1 unspecified atom stereocenters. The highest BCUT2D eigenvalue weighted by atomic mass is 127. The first-order valence-electron chi connectivity index (χ1n) is 11.5. The molecule has 0 spiro atoms. The van der Waals surface area contributed by atoms with Gasteiger partial charge in [-0.25, -0.2) is 4.79 Å². The summed E-state index contributed by atoms with van der Waals surface area (Å²) >= 11 is 4.12. The lowest BCUT2D eigenvalue weighted by Gasteiger charge is -2.17. The second kappa shape index (κ2) is 12.2. The average molecular weight is 703 g/mol. The number of carboxylic acids is 1. The van der Waals surface area contributed by atoms with Crippen LogP contribution in [0.25, 0.3) is 11.0 Å². The first-order chi connectivity index (χ1) is 16.7. The molecule has 0 aliphatic heterocycles. The Labute approximate surface area is 231 Å². The molecule has 2 N–H and O–H groups in total. The summed E-state index contributed by atoms with van der Waals surface area (Å²) in [4.78, 5) is 37.1. The molecular formula is C26H27I2NO6. The number of benzene rings is 2. The van der Waals surface area contributed by atoms with Crippen LogP contribution < -0.4 is 10.1 Å². The van der Waals surface area contributed by atoms with Gasteiger partial charge < -0.3 is 19.6 Å². The van der Waals surface area contributed by atoms with E-state index in [2.05, 4.69) is 57.4 Å². The number of furan rings is 1. The SMILES string of the molecule is CCCCc1oc2ccc(NC(=O)CC)cc2c1C(=O)c1cc(I)c(OC(CC)C(=O)O)c(I)c1. The monoisotopic (exact) mass is 703 g/mol. The Hall–Kier alpha value is -2.15. The molecule has 0 aliphatic rings. The summed E-state index contributed by atoms with van der Waals surface area (Å²) in [5.41, 5.74) is 2.13. The van der Waals surface area contributed by atoms with Crippen molar-refractivity contribution in [2.45, 2.75) is 59.0 Å². The van der Waals surface area contributed by atoms with Crippen molar-refractivity contribution < 1.29 is 28.6 Å². The van der Waals surface area contributed by atoms with Crippen molar-refractivity contribution in [2.24, 2.45) is 0 Å². The molecule has 186 valence electrons. The minimum Gasteiger partial charge on any atom is -0.479 e. The number of hydrogen-bond acceptors (Lipinski definition) is 5. The second-order valence-corrected chi connectivity index (χ2v) is 10.4. The Balaban J connectivity index is 2.07. The Morgan fingerprint density at radius 1 is 1.09 bits per heavy atom. The molecule has 0 fully saturated rings. The third-order valence-electron chi connectivity index (χ3n) is 5.52. The number of carbonyl (C=O) groups is 3. The molecule has 1 heterocycles. The van der Waals surface area contributed by atoms with Gasteiger partial charge in [0.15, 0.2) is 11.9 Å². The smallest absolute Gasteiger partial charge is 0.344 e. The lowest BCUT2D eigenvalue weighted by Crippen LogP contribution is -2.26. The van der Waals surface area contributed by atoms with Gasteiger partial charge in [0.2, 0.25) is 5.91 Å². The van der Waals surface area contributed by atoms with E-state index in [9.17, 15) is 19.5 Å². The van der Waals surface area contributed by atoms with Crippen LogP contribution >= 0.6 is 45.2 Å². The highest BCUT2D eigenvalue weighted by Gasteiger charge is 2.25. The molecule has 3 rings (SSSR count). The third kappa shape index (κ3) is 6.35. The second-order valence-electron chi connectivity index (χ2n) is 8.07. The topological polar surface area (TPSA) is 106 Å². The number of amides is 1. The number of fused-ring (bicyclic) bond motifs is 1. The van der Waals surface area contributed by atoms with E-state index in [0.717, 1.165) is 12.8 Å². The summed E-state index contributed by atoms with van der Waals surface area (Å²) in [5, 5.41) is 12.9. The molecule has 3 aromatic rings. The summed E-state index contributed by atoms with van der Waals surface area (Å²) in [5.74, 6) is -0.270. The van der Waals surface area contributed by atoms with E-state index in [1.807, 2.05) is 0 Å². The molecule has 0 saturated heterocycles. The number of hydrogen-bond donors (Lipinski definition) is 2. The highest BCUT2D eigenvalue weighted by Crippen LogP contribution is 2.35. The van der Waals surface area contributed by atoms with E-state index >= 15 is 0 Å². The fraction of sp³-hybridized carbons (Fsp3) is 0.346. The summed E-state index contributed by atoms with van der Waals surface area (Å²) < 4.78 is 13.1. The van der Waals surface area contributed by atoms with Gasteiger partial charge in [-0.1, -0.05) is 27.2 Å². The van der Waals surface area contributed by atoms with Crippen LogP contribution in [0.2, 0.25) is 0 Å². The van der Waals surface area contributed by atoms with Gasteiger partial charge in [0, 0.05) is 29.5 Å². The van der Waals surface area contributed by atoms with Crippen LogP contribution in [0.3, 0.4) is 0 Å². The molecule has 0 aliphatic carbocycles. The largest absolute Gasteiger partial charge is 0.479 e. The standard InChI is InChI=1S/C26H27I2NO6/c1-4-7-8-21-23(16-13-15(29-22(30)6-3)9-10-20(16)34-21)24(31)14-11-17(27)25(18(28)12-14)35-19(5-2)26(32)33/h9-13,19H,4-8H2,1-3H3,(H,29,30)(H,32,33). The minimum absolute atomic E-state index is 0.113. The van der Waals surface area contributed by atoms with Crippen molar-refractivity contribution in [1.82, 2.24) is 0 Å². The Morgan fingerprint density at radius 3 is 2.34 bits per heavy atom. The zero-order valence-electron chi connectivity index (χ0n) is 19.7. The van der Waals surface area contributed by atoms with Crippen molar-refractivity contribution in [3.8, 4) is 5.75 Å². The van der Waals surface area contributed by atoms with Crippen LogP contribution in [0.5, 0.6) is 5.75 Å². The van der Waals surface area contributed by atoms with Crippen molar-refractivity contribution in [3.05, 3.63) is 54.4 Å². The van der Waals surface area contributed by atoms with E-state index in [1.165, 1.54) is 0 Å². The summed E-state index contributed by atoms with van der Waals surface area (Å²) in [6, 6.07) is 8.73. The molecule has 1 aromatic heterocycles. The molecule has 35 heavy (non-hydrogen) atoms. The van der Waals surface area contributed by atoms with Crippen molar-refractivity contribution in [1.29, 1.82) is 0 Å². The summed E-state index contributed by atoms with van der Waals surface area (Å²) in [7, 11) is 0. The average Bonchev–Trinajstić information content (AvgIpc) is 3.18. The van der Waals surface area contributed by atoms with Gasteiger partial charge in [0.05, 0.1) is 12.7 Å². The number of halogens is 2. The van der Waals surface area contributed by atoms with Gasteiger partial charge in [0.1, 0.15) is 17.1 Å². The quantitative estimate of drug-likeness (QED) is 0.168. The van der Waals surface area contributed by atoms with E-state index in [4.69, 9.17) is 9.15 Å². The predicted octanol–water partition coefficient (Wildman–Crippen LogP) is 6.81. The number of ketones is 1. The normalized spacial score (nSPS) is 11.9. The molecule has 0 saturated carbocycles. The summed E-state index contributed by atoms with van der Waals surface area (Å²) in [6.07, 6.45) is 2.15. The maximum absolute atomic E-state index is 13.8. The van der Waals surface area contributed by atoms with Gasteiger partial charge >= 0.3 is 5.97 Å². The number of nitrogens with one attached hydrogen (secondary N) is 1. The fourth-order valence-corrected chi connectivity index (χ4v) is 5.66. The van der Waals surface area contributed by atoms with Gasteiger partial charge in [-0.15, -0.1) is 0 Å². The van der Waals surface area contributed by atoms with Crippen molar-refractivity contribution in [2.75, 3.05) is 5.32 Å². The lowest BCUT2D eigenvalue weighted by molar-refractivity contribution is -0.145. The van der Waals surface area contributed by atoms with Crippen LogP contribution in [-0.2, 0) is 16.0 Å². The van der Waals surface area contributed by atoms with Gasteiger partial charge in [0.25, 0.3) is 0 Å². The Kier molecular flexibility index (Phi) is 9.56. The molecule has 2 aromatic carbocycles. The number of aryl methyl sites for hydroxylation is 1. The number of anilines is 1. The van der Waals surface area contributed by atoms with Gasteiger partial charge in [-0.2, -0.15) is 0 Å². The zero-order chi connectivity index (χ0) is 25.7. The number of carbonyl (C=O) groups excluding carboxylic acids is 2. The molecular weight excluding hydrogens is 676 g/mol. The molecule has 0 bridgehead atoms. The van der Waals surface area contributed by atoms with Gasteiger partial charge in [-0.05, 0) is 88.4 Å². The van der Waals surface area contributed by atoms with E-state index in [1.54, 1.807) is 44.2 Å². The Bertz CT molecular complexity index is 1240. The first-order valence-corrected chi connectivity index (χ1v) is 13.6. The molecule has 0 radical (unpaired) electrons. The third-order valence-corrected chi connectivity index (χ3v) is 7.12. The number of ether oxygens (including phenoxy) is 1. The predicted molar refractivity (Wildman–Crippen MR) is 151 cm³/mol. The zero-order valence-corrected chi connectivity index (χ0v) is 24.1. The maximum Gasteiger partial charge on any atom is 0.344 e. The van der Waals surface area contributed by atoms with E-state index in [0.29, 0.717) is 65.7 Å². The van der Waals surface area contributed by atoms with Crippen molar-refractivity contribution >= 4 is 79.5 Å². The molecule has 9 heteroatoms. The molecule has 1 atom stereocenters. The Morgan fingerprint density at radius 2 is 1.77 bits per heavy atom. The number of carboxylic acid groups (broad SMARTS) is 1. The van der Waals surface area contributed by atoms with Crippen LogP contribution in [0.4, 0.5) is 5.69 Å².